The summed E-state index contributed by atoms with van der Waals surface area (Å²) >= 11 is 0. The van der Waals surface area contributed by atoms with Crippen molar-refractivity contribution in [3.8, 4) is 0 Å². The zero-order valence-corrected chi connectivity index (χ0v) is 12.9. The van der Waals surface area contributed by atoms with Crippen LogP contribution in [0, 0.1) is 11.3 Å². The van der Waals surface area contributed by atoms with Gasteiger partial charge in [0, 0.05) is 6.54 Å². The van der Waals surface area contributed by atoms with Gasteiger partial charge in [-0.1, -0.05) is 66.7 Å². The van der Waals surface area contributed by atoms with Gasteiger partial charge in [0.2, 0.25) is 0 Å². The van der Waals surface area contributed by atoms with Gasteiger partial charge in [-0.25, -0.2) is 0 Å². The van der Waals surface area contributed by atoms with E-state index in [1.165, 1.54) is 51.5 Å². The highest BCUT2D eigenvalue weighted by atomic mass is 14.9. The molecule has 1 heteroatoms. The highest BCUT2D eigenvalue weighted by Crippen LogP contribution is 2.32. The van der Waals surface area contributed by atoms with Gasteiger partial charge >= 0.3 is 0 Å². The molecule has 1 atom stereocenters. The summed E-state index contributed by atoms with van der Waals surface area (Å²) in [7, 11) is 0. The Bertz CT molecular complexity index is 165. The van der Waals surface area contributed by atoms with Crippen LogP contribution in [-0.2, 0) is 0 Å². The molecule has 0 radical (unpaired) electrons. The third-order valence-electron chi connectivity index (χ3n) is 4.20. The molecule has 0 saturated heterocycles. The molecule has 17 heavy (non-hydrogen) atoms. The van der Waals surface area contributed by atoms with E-state index < -0.39 is 0 Å². The summed E-state index contributed by atoms with van der Waals surface area (Å²) in [6.07, 6.45) is 9.63. The van der Waals surface area contributed by atoms with Gasteiger partial charge in [0.1, 0.15) is 0 Å². The molecule has 0 aliphatic carbocycles. The van der Waals surface area contributed by atoms with E-state index in [2.05, 4.69) is 39.9 Å². The summed E-state index contributed by atoms with van der Waals surface area (Å²) in [6.45, 7) is 14.1. The number of rotatable bonds is 11. The van der Waals surface area contributed by atoms with E-state index in [0.29, 0.717) is 5.41 Å². The molecule has 1 N–H and O–H groups in total. The summed E-state index contributed by atoms with van der Waals surface area (Å²) in [5.41, 5.74) is 0.487. The molecule has 0 spiro atoms. The number of nitrogens with one attached hydrogen (secondary N) is 1. The molecule has 0 amide bonds. The van der Waals surface area contributed by atoms with E-state index in [-0.39, 0.29) is 0 Å². The van der Waals surface area contributed by atoms with E-state index in [1.807, 2.05) is 0 Å². The Morgan fingerprint density at radius 3 is 2.12 bits per heavy atom. The van der Waals surface area contributed by atoms with Crippen LogP contribution in [0.4, 0.5) is 0 Å². The highest BCUT2D eigenvalue weighted by molar-refractivity contribution is 4.80. The van der Waals surface area contributed by atoms with Gasteiger partial charge in [-0.3, -0.25) is 0 Å². The molecule has 0 aromatic carbocycles. The van der Waals surface area contributed by atoms with Gasteiger partial charge in [0.25, 0.3) is 0 Å². The Labute approximate surface area is 110 Å². The van der Waals surface area contributed by atoms with E-state index in [4.69, 9.17) is 0 Å². The largest absolute Gasteiger partial charge is 0.316 e. The lowest BCUT2D eigenvalue weighted by Crippen LogP contribution is -2.36. The molecule has 0 heterocycles. The SMILES string of the molecule is CCCCCCCC(C)(CNCCC)C(C)C. The first-order chi connectivity index (χ1) is 8.06. The summed E-state index contributed by atoms with van der Waals surface area (Å²) in [4.78, 5) is 0. The number of hydrogen-bond donors (Lipinski definition) is 1. The van der Waals surface area contributed by atoms with Gasteiger partial charge < -0.3 is 5.32 Å². The lowest BCUT2D eigenvalue weighted by Gasteiger charge is -2.34. The summed E-state index contributed by atoms with van der Waals surface area (Å²) in [6, 6.07) is 0. The second-order valence-corrected chi connectivity index (χ2v) is 6.15. The van der Waals surface area contributed by atoms with Crippen LogP contribution >= 0.6 is 0 Å². The molecule has 0 aliphatic rings. The van der Waals surface area contributed by atoms with Crippen LogP contribution in [-0.4, -0.2) is 13.1 Å². The Morgan fingerprint density at radius 1 is 0.941 bits per heavy atom. The van der Waals surface area contributed by atoms with E-state index in [0.717, 1.165) is 12.5 Å². The Morgan fingerprint density at radius 2 is 1.59 bits per heavy atom. The van der Waals surface area contributed by atoms with Gasteiger partial charge in [-0.2, -0.15) is 0 Å². The molecule has 104 valence electrons. The number of hydrogen-bond acceptors (Lipinski definition) is 1. The Hall–Kier alpha value is -0.0400. The maximum absolute atomic E-state index is 3.61. The monoisotopic (exact) mass is 241 g/mol. The zero-order valence-electron chi connectivity index (χ0n) is 12.9. The van der Waals surface area contributed by atoms with Crippen molar-refractivity contribution >= 4 is 0 Å². The molecule has 0 aromatic rings. The fourth-order valence-corrected chi connectivity index (χ4v) is 2.26. The van der Waals surface area contributed by atoms with Crippen LogP contribution in [0.25, 0.3) is 0 Å². The average molecular weight is 241 g/mol. The van der Waals surface area contributed by atoms with E-state index in [1.54, 1.807) is 0 Å². The topological polar surface area (TPSA) is 12.0 Å². The normalized spacial score (nSPS) is 15.2. The molecule has 0 aromatic heterocycles. The summed E-state index contributed by atoms with van der Waals surface area (Å²) in [5, 5.41) is 3.61. The second-order valence-electron chi connectivity index (χ2n) is 6.15. The van der Waals surface area contributed by atoms with Gasteiger partial charge in [-0.15, -0.1) is 0 Å². The summed E-state index contributed by atoms with van der Waals surface area (Å²) < 4.78 is 0. The molecule has 0 saturated carbocycles. The maximum atomic E-state index is 3.61. The maximum Gasteiger partial charge on any atom is 0.000761 e. The first-order valence-corrected chi connectivity index (χ1v) is 7.77. The minimum atomic E-state index is 0.487. The third kappa shape index (κ3) is 7.81. The van der Waals surface area contributed by atoms with Crippen molar-refractivity contribution in [1.29, 1.82) is 0 Å². The van der Waals surface area contributed by atoms with Crippen LogP contribution in [0.1, 0.15) is 79.6 Å². The first kappa shape index (κ1) is 17.0. The molecule has 1 unspecified atom stereocenters. The molecule has 0 aliphatic heterocycles. The fraction of sp³-hybridized carbons (Fsp3) is 1.00. The Kier molecular flexibility index (Phi) is 9.91. The van der Waals surface area contributed by atoms with Crippen LogP contribution in [0.3, 0.4) is 0 Å². The molecular weight excluding hydrogens is 206 g/mol. The minimum absolute atomic E-state index is 0.487. The third-order valence-corrected chi connectivity index (χ3v) is 4.20. The fourth-order valence-electron chi connectivity index (χ4n) is 2.26. The van der Waals surface area contributed by atoms with E-state index in [9.17, 15) is 0 Å². The Balaban J connectivity index is 3.86. The van der Waals surface area contributed by atoms with Crippen molar-refractivity contribution in [2.75, 3.05) is 13.1 Å². The molecule has 0 rings (SSSR count). The van der Waals surface area contributed by atoms with Gasteiger partial charge in [0.05, 0.1) is 0 Å². The second kappa shape index (κ2) is 9.94. The minimum Gasteiger partial charge on any atom is -0.316 e. The van der Waals surface area contributed by atoms with Crippen molar-refractivity contribution in [1.82, 2.24) is 5.32 Å². The molecule has 0 fully saturated rings. The van der Waals surface area contributed by atoms with Crippen LogP contribution in [0.5, 0.6) is 0 Å². The van der Waals surface area contributed by atoms with E-state index >= 15 is 0 Å². The van der Waals surface area contributed by atoms with Crippen LogP contribution in [0.15, 0.2) is 0 Å². The standard InChI is InChI=1S/C16H35N/c1-6-8-9-10-11-12-16(5,15(3)4)14-17-13-7-2/h15,17H,6-14H2,1-5H3. The van der Waals surface area contributed by atoms with Crippen molar-refractivity contribution < 1.29 is 0 Å². The number of unbranched alkanes of at least 4 members (excludes halogenated alkanes) is 4. The quantitative estimate of drug-likeness (QED) is 0.501. The smallest absolute Gasteiger partial charge is 0.000761 e. The lowest BCUT2D eigenvalue weighted by atomic mass is 9.75. The predicted molar refractivity (Wildman–Crippen MR) is 79.5 cm³/mol. The highest BCUT2D eigenvalue weighted by Gasteiger charge is 2.26. The van der Waals surface area contributed by atoms with Gasteiger partial charge in [0.15, 0.2) is 0 Å². The predicted octanol–water partition coefficient (Wildman–Crippen LogP) is 5.01. The van der Waals surface area contributed by atoms with Crippen molar-refractivity contribution in [2.45, 2.75) is 79.6 Å². The molecular formula is C16H35N. The lowest BCUT2D eigenvalue weighted by molar-refractivity contribution is 0.185. The van der Waals surface area contributed by atoms with Crippen LogP contribution in [0.2, 0.25) is 0 Å². The average Bonchev–Trinajstić information content (AvgIpc) is 2.29. The first-order valence-electron chi connectivity index (χ1n) is 7.77. The van der Waals surface area contributed by atoms with Crippen molar-refractivity contribution in [3.63, 3.8) is 0 Å². The van der Waals surface area contributed by atoms with Gasteiger partial charge in [-0.05, 0) is 30.7 Å². The molecule has 1 nitrogen and oxygen atoms in total. The van der Waals surface area contributed by atoms with Crippen molar-refractivity contribution in [3.05, 3.63) is 0 Å². The van der Waals surface area contributed by atoms with Crippen molar-refractivity contribution in [2.24, 2.45) is 11.3 Å². The molecule has 0 bridgehead atoms. The summed E-state index contributed by atoms with van der Waals surface area (Å²) in [5.74, 6) is 0.776. The van der Waals surface area contributed by atoms with Crippen LogP contribution < -0.4 is 5.32 Å². The zero-order chi connectivity index (χ0) is 13.1.